The molecule has 0 bridgehead atoms. The van der Waals surface area contributed by atoms with Crippen LogP contribution in [-0.2, 0) is 19.1 Å². The summed E-state index contributed by atoms with van der Waals surface area (Å²) in [6, 6.07) is -1.20. The number of nitrogens with one attached hydrogen (secondary N) is 3. The molecule has 2 aliphatic rings. The summed E-state index contributed by atoms with van der Waals surface area (Å²) in [7, 11) is 0. The van der Waals surface area contributed by atoms with Crippen molar-refractivity contribution in [2.24, 2.45) is 11.7 Å². The van der Waals surface area contributed by atoms with Crippen molar-refractivity contribution in [1.82, 2.24) is 16.0 Å². The Morgan fingerprint density at radius 2 is 2.04 bits per heavy atom. The first-order chi connectivity index (χ1) is 11.0. The van der Waals surface area contributed by atoms with Gasteiger partial charge in [0, 0.05) is 19.0 Å². The van der Waals surface area contributed by atoms with Gasteiger partial charge in [-0.2, -0.15) is 0 Å². The first-order valence-corrected chi connectivity index (χ1v) is 8.31. The highest BCUT2D eigenvalue weighted by Gasteiger charge is 2.48. The van der Waals surface area contributed by atoms with Gasteiger partial charge in [0.15, 0.2) is 5.79 Å². The Balaban J connectivity index is 1.87. The Bertz CT molecular complexity index is 418. The fourth-order valence-corrected chi connectivity index (χ4v) is 2.96. The van der Waals surface area contributed by atoms with E-state index in [2.05, 4.69) is 16.0 Å². The highest BCUT2D eigenvalue weighted by atomic mass is 16.7. The van der Waals surface area contributed by atoms with Crippen molar-refractivity contribution < 1.29 is 19.1 Å². The van der Waals surface area contributed by atoms with Crippen LogP contribution >= 0.6 is 0 Å². The lowest BCUT2D eigenvalue weighted by molar-refractivity contribution is -0.169. The summed E-state index contributed by atoms with van der Waals surface area (Å²) in [5.41, 5.74) is 5.55. The van der Waals surface area contributed by atoms with E-state index < -0.39 is 17.9 Å². The predicted octanol–water partition coefficient (Wildman–Crippen LogP) is -1.30. The molecular weight excluding hydrogens is 300 g/mol. The van der Waals surface area contributed by atoms with Crippen LogP contribution < -0.4 is 21.7 Å². The van der Waals surface area contributed by atoms with Crippen molar-refractivity contribution in [2.45, 2.75) is 44.6 Å². The van der Waals surface area contributed by atoms with Crippen LogP contribution in [-0.4, -0.2) is 62.5 Å². The number of amides is 2. The Labute approximate surface area is 136 Å². The molecule has 1 unspecified atom stereocenters. The number of hydrogen-bond acceptors (Lipinski definition) is 6. The van der Waals surface area contributed by atoms with Crippen LogP contribution in [0, 0.1) is 5.92 Å². The molecule has 0 aliphatic carbocycles. The summed E-state index contributed by atoms with van der Waals surface area (Å²) in [6.07, 6.45) is 1.36. The Morgan fingerprint density at radius 3 is 2.65 bits per heavy atom. The number of nitrogens with two attached hydrogens (primary N) is 1. The molecule has 1 spiro atoms. The maximum absolute atomic E-state index is 12.4. The van der Waals surface area contributed by atoms with Gasteiger partial charge in [-0.25, -0.2) is 0 Å². The van der Waals surface area contributed by atoms with Gasteiger partial charge in [0.25, 0.3) is 0 Å². The van der Waals surface area contributed by atoms with E-state index in [1.165, 1.54) is 0 Å². The maximum Gasteiger partial charge on any atom is 0.242 e. The minimum Gasteiger partial charge on any atom is -0.354 e. The van der Waals surface area contributed by atoms with Crippen LogP contribution in [0.25, 0.3) is 0 Å². The Hall–Kier alpha value is -1.22. The van der Waals surface area contributed by atoms with E-state index in [1.54, 1.807) is 6.92 Å². The van der Waals surface area contributed by atoms with Crippen LogP contribution in [0.5, 0.6) is 0 Å². The molecule has 0 aromatic heterocycles. The smallest absolute Gasteiger partial charge is 0.242 e. The average molecular weight is 328 g/mol. The van der Waals surface area contributed by atoms with Crippen molar-refractivity contribution in [3.63, 3.8) is 0 Å². The van der Waals surface area contributed by atoms with E-state index in [0.29, 0.717) is 32.7 Å². The molecule has 2 rings (SSSR count). The summed E-state index contributed by atoms with van der Waals surface area (Å²) < 4.78 is 11.5. The molecule has 0 radical (unpaired) electrons. The van der Waals surface area contributed by atoms with Gasteiger partial charge in [-0.1, -0.05) is 13.3 Å². The van der Waals surface area contributed by atoms with E-state index in [-0.39, 0.29) is 17.7 Å². The lowest BCUT2D eigenvalue weighted by Crippen LogP contribution is -2.52. The number of ether oxygens (including phenoxy) is 2. The lowest BCUT2D eigenvalue weighted by atomic mass is 10.0. The average Bonchev–Trinajstić information content (AvgIpc) is 3.15. The van der Waals surface area contributed by atoms with Crippen molar-refractivity contribution >= 4 is 11.8 Å². The molecule has 0 saturated carbocycles. The number of rotatable bonds is 7. The third kappa shape index (κ3) is 4.41. The fraction of sp³-hybridized carbons (Fsp3) is 0.867. The van der Waals surface area contributed by atoms with E-state index in [1.807, 2.05) is 6.92 Å². The van der Waals surface area contributed by atoms with Gasteiger partial charge in [0.2, 0.25) is 11.8 Å². The minimum atomic E-state index is -0.634. The van der Waals surface area contributed by atoms with Gasteiger partial charge in [0.1, 0.15) is 6.04 Å². The molecule has 8 nitrogen and oxygen atoms in total. The molecule has 23 heavy (non-hydrogen) atoms. The zero-order chi connectivity index (χ0) is 16.9. The maximum atomic E-state index is 12.4. The SMILES string of the molecule is CCC[C@H](NC(=O)[C@H](C)N)C(=O)NCC1CNCC12OCCO2. The first-order valence-electron chi connectivity index (χ1n) is 8.31. The second-order valence-electron chi connectivity index (χ2n) is 6.22. The van der Waals surface area contributed by atoms with E-state index >= 15 is 0 Å². The van der Waals surface area contributed by atoms with Gasteiger partial charge < -0.3 is 31.2 Å². The van der Waals surface area contributed by atoms with Gasteiger partial charge in [-0.05, 0) is 13.3 Å². The van der Waals surface area contributed by atoms with Gasteiger partial charge >= 0.3 is 0 Å². The molecule has 5 N–H and O–H groups in total. The molecule has 8 heteroatoms. The summed E-state index contributed by atoms with van der Waals surface area (Å²) in [6.45, 7) is 6.52. The first kappa shape index (κ1) is 18.1. The number of hydrogen-bond donors (Lipinski definition) is 4. The molecule has 0 aromatic carbocycles. The standard InChI is InChI=1S/C15H28N4O4/c1-3-4-12(19-13(20)10(2)16)14(21)18-8-11-7-17-9-15(11)22-5-6-23-15/h10-12,17H,3-9,16H2,1-2H3,(H,18,21)(H,19,20)/t10-,11?,12-/m0/s1. The largest absolute Gasteiger partial charge is 0.354 e. The summed E-state index contributed by atoms with van der Waals surface area (Å²) in [5, 5.41) is 8.85. The van der Waals surface area contributed by atoms with Crippen molar-refractivity contribution in [3.05, 3.63) is 0 Å². The highest BCUT2D eigenvalue weighted by molar-refractivity contribution is 5.89. The zero-order valence-electron chi connectivity index (χ0n) is 13.9. The third-order valence-electron chi connectivity index (χ3n) is 4.31. The van der Waals surface area contributed by atoms with Gasteiger partial charge in [0.05, 0.1) is 25.8 Å². The Kier molecular flexibility index (Phi) is 6.34. The summed E-state index contributed by atoms with van der Waals surface area (Å²) >= 11 is 0. The van der Waals surface area contributed by atoms with Crippen LogP contribution in [0.4, 0.5) is 0 Å². The van der Waals surface area contributed by atoms with Crippen molar-refractivity contribution in [2.75, 3.05) is 32.8 Å². The summed E-state index contributed by atoms with van der Waals surface area (Å²) in [4.78, 5) is 24.1. The predicted molar refractivity (Wildman–Crippen MR) is 84.5 cm³/mol. The quantitative estimate of drug-likeness (QED) is 0.462. The van der Waals surface area contributed by atoms with Crippen LogP contribution in [0.1, 0.15) is 26.7 Å². The number of carbonyl (C=O) groups excluding carboxylic acids is 2. The van der Waals surface area contributed by atoms with Crippen molar-refractivity contribution in [3.8, 4) is 0 Å². The molecule has 0 aromatic rings. The molecule has 2 amide bonds. The highest BCUT2D eigenvalue weighted by Crippen LogP contribution is 2.30. The van der Waals surface area contributed by atoms with E-state index in [4.69, 9.17) is 15.2 Å². The van der Waals surface area contributed by atoms with Gasteiger partial charge in [-0.3, -0.25) is 9.59 Å². The number of carbonyl (C=O) groups is 2. The molecule has 2 aliphatic heterocycles. The van der Waals surface area contributed by atoms with Crippen LogP contribution in [0.3, 0.4) is 0 Å². The second kappa shape index (κ2) is 8.05. The molecule has 2 heterocycles. The van der Waals surface area contributed by atoms with E-state index in [9.17, 15) is 9.59 Å². The molecule has 132 valence electrons. The fourth-order valence-electron chi connectivity index (χ4n) is 2.96. The molecule has 2 fully saturated rings. The lowest BCUT2D eigenvalue weighted by Gasteiger charge is -2.29. The Morgan fingerprint density at radius 1 is 1.35 bits per heavy atom. The zero-order valence-corrected chi connectivity index (χ0v) is 13.9. The molecular formula is C15H28N4O4. The van der Waals surface area contributed by atoms with Gasteiger partial charge in [-0.15, -0.1) is 0 Å². The van der Waals surface area contributed by atoms with Crippen molar-refractivity contribution in [1.29, 1.82) is 0 Å². The topological polar surface area (TPSA) is 115 Å². The van der Waals surface area contributed by atoms with Crippen LogP contribution in [0.2, 0.25) is 0 Å². The minimum absolute atomic E-state index is 0.0559. The monoisotopic (exact) mass is 328 g/mol. The van der Waals surface area contributed by atoms with Crippen LogP contribution in [0.15, 0.2) is 0 Å². The second-order valence-corrected chi connectivity index (χ2v) is 6.22. The molecule has 2 saturated heterocycles. The third-order valence-corrected chi connectivity index (χ3v) is 4.31. The normalized spacial score (nSPS) is 25.3. The van der Waals surface area contributed by atoms with E-state index in [0.717, 1.165) is 13.0 Å². The molecule has 3 atom stereocenters. The summed E-state index contributed by atoms with van der Waals surface area (Å²) in [5.74, 6) is -1.08.